The summed E-state index contributed by atoms with van der Waals surface area (Å²) in [6.45, 7) is 4.97. The number of rotatable bonds is 7. The van der Waals surface area contributed by atoms with Crippen LogP contribution in [0, 0.1) is 0 Å². The molecule has 0 aromatic heterocycles. The van der Waals surface area contributed by atoms with Gasteiger partial charge in [0.25, 0.3) is 10.2 Å². The number of anilines is 1. The molecule has 6 heteroatoms. The van der Waals surface area contributed by atoms with Gasteiger partial charge in [-0.05, 0) is 44.0 Å². The number of benzene rings is 1. The fourth-order valence-corrected chi connectivity index (χ4v) is 3.07. The van der Waals surface area contributed by atoms with Gasteiger partial charge >= 0.3 is 0 Å². The van der Waals surface area contributed by atoms with Crippen molar-refractivity contribution in [1.29, 1.82) is 0 Å². The van der Waals surface area contributed by atoms with Gasteiger partial charge in [0.05, 0.1) is 5.69 Å². The zero-order chi connectivity index (χ0) is 13.9. The third-order valence-electron chi connectivity index (χ3n) is 3.05. The molecule has 1 aromatic rings. The molecule has 1 unspecified atom stereocenters. The van der Waals surface area contributed by atoms with Gasteiger partial charge in [-0.3, -0.25) is 4.72 Å². The average Bonchev–Trinajstić information content (AvgIpc) is 3.12. The molecule has 106 valence electrons. The molecule has 1 aromatic carbocycles. The van der Waals surface area contributed by atoms with Gasteiger partial charge in [0.1, 0.15) is 0 Å². The van der Waals surface area contributed by atoms with E-state index in [4.69, 9.17) is 0 Å². The number of hydrogen-bond acceptors (Lipinski definition) is 3. The molecule has 1 aliphatic rings. The van der Waals surface area contributed by atoms with Gasteiger partial charge in [-0.1, -0.05) is 19.1 Å². The summed E-state index contributed by atoms with van der Waals surface area (Å²) < 4.78 is 28.8. The van der Waals surface area contributed by atoms with Crippen LogP contribution in [0.4, 0.5) is 5.69 Å². The van der Waals surface area contributed by atoms with Gasteiger partial charge in [0.15, 0.2) is 0 Å². The van der Waals surface area contributed by atoms with E-state index in [9.17, 15) is 8.42 Å². The van der Waals surface area contributed by atoms with Gasteiger partial charge in [-0.25, -0.2) is 0 Å². The van der Waals surface area contributed by atoms with Crippen LogP contribution in [0.1, 0.15) is 38.3 Å². The molecule has 0 bridgehead atoms. The average molecular weight is 283 g/mol. The Balaban J connectivity index is 2.05. The standard InChI is InChI=1S/C13H21N3O2S/c1-3-14-10(2)11-5-4-6-13(9-11)16-19(17,18)15-12-7-8-12/h4-6,9-10,12,14-16H,3,7-8H2,1-2H3. The monoisotopic (exact) mass is 283 g/mol. The van der Waals surface area contributed by atoms with Crippen LogP contribution in [0.5, 0.6) is 0 Å². The van der Waals surface area contributed by atoms with Crippen LogP contribution in [0.2, 0.25) is 0 Å². The SMILES string of the molecule is CCNC(C)c1cccc(NS(=O)(=O)NC2CC2)c1. The Kier molecular flexibility index (Phi) is 4.44. The third-order valence-corrected chi connectivity index (χ3v) is 4.20. The van der Waals surface area contributed by atoms with Crippen molar-refractivity contribution >= 4 is 15.9 Å². The van der Waals surface area contributed by atoms with Crippen molar-refractivity contribution in [3.8, 4) is 0 Å². The van der Waals surface area contributed by atoms with Gasteiger partial charge in [-0.2, -0.15) is 13.1 Å². The second-order valence-electron chi connectivity index (χ2n) is 4.90. The number of hydrogen-bond donors (Lipinski definition) is 3. The molecule has 19 heavy (non-hydrogen) atoms. The van der Waals surface area contributed by atoms with E-state index in [1.807, 2.05) is 25.1 Å². The molecule has 2 rings (SSSR count). The van der Waals surface area contributed by atoms with E-state index < -0.39 is 10.2 Å². The summed E-state index contributed by atoms with van der Waals surface area (Å²) in [6.07, 6.45) is 1.86. The first kappa shape index (κ1) is 14.3. The summed E-state index contributed by atoms with van der Waals surface area (Å²) in [5, 5.41) is 3.30. The minimum atomic E-state index is -3.45. The maximum absolute atomic E-state index is 11.8. The fourth-order valence-electron chi connectivity index (χ4n) is 1.90. The van der Waals surface area contributed by atoms with Gasteiger partial charge in [-0.15, -0.1) is 0 Å². The Morgan fingerprint density at radius 2 is 2.11 bits per heavy atom. The van der Waals surface area contributed by atoms with Crippen LogP contribution < -0.4 is 14.8 Å². The Labute approximate surface area is 115 Å². The predicted molar refractivity (Wildman–Crippen MR) is 77.2 cm³/mol. The lowest BCUT2D eigenvalue weighted by molar-refractivity contribution is 0.586. The lowest BCUT2D eigenvalue weighted by atomic mass is 10.1. The molecule has 0 amide bonds. The molecule has 5 nitrogen and oxygen atoms in total. The van der Waals surface area contributed by atoms with Gasteiger partial charge in [0, 0.05) is 12.1 Å². The summed E-state index contributed by atoms with van der Waals surface area (Å²) in [7, 11) is -3.45. The van der Waals surface area contributed by atoms with Crippen LogP contribution in [0.3, 0.4) is 0 Å². The maximum atomic E-state index is 11.8. The van der Waals surface area contributed by atoms with Crippen molar-refractivity contribution < 1.29 is 8.42 Å². The Morgan fingerprint density at radius 3 is 2.74 bits per heavy atom. The van der Waals surface area contributed by atoms with E-state index in [2.05, 4.69) is 21.7 Å². The van der Waals surface area contributed by atoms with Crippen LogP contribution in [-0.4, -0.2) is 21.0 Å². The van der Waals surface area contributed by atoms with Crippen LogP contribution >= 0.6 is 0 Å². The highest BCUT2D eigenvalue weighted by Crippen LogP contribution is 2.21. The van der Waals surface area contributed by atoms with E-state index in [1.54, 1.807) is 6.07 Å². The van der Waals surface area contributed by atoms with Crippen molar-refractivity contribution in [1.82, 2.24) is 10.0 Å². The van der Waals surface area contributed by atoms with Crippen molar-refractivity contribution in [2.75, 3.05) is 11.3 Å². The normalized spacial score (nSPS) is 17.2. The first-order valence-corrected chi connectivity index (χ1v) is 8.12. The molecule has 0 radical (unpaired) electrons. The topological polar surface area (TPSA) is 70.2 Å². The molecule has 1 aliphatic carbocycles. The Hall–Kier alpha value is -1.11. The van der Waals surface area contributed by atoms with Crippen molar-refractivity contribution in [3.05, 3.63) is 29.8 Å². The van der Waals surface area contributed by atoms with Gasteiger partial charge in [0.2, 0.25) is 0 Å². The lowest BCUT2D eigenvalue weighted by Crippen LogP contribution is -2.31. The summed E-state index contributed by atoms with van der Waals surface area (Å²) in [5.74, 6) is 0. The van der Waals surface area contributed by atoms with E-state index in [-0.39, 0.29) is 12.1 Å². The molecule has 1 fully saturated rings. The second-order valence-corrected chi connectivity index (χ2v) is 6.35. The summed E-state index contributed by atoms with van der Waals surface area (Å²) >= 11 is 0. The summed E-state index contributed by atoms with van der Waals surface area (Å²) in [6, 6.07) is 7.78. The quantitative estimate of drug-likeness (QED) is 0.714. The second kappa shape index (κ2) is 5.90. The predicted octanol–water partition coefficient (Wildman–Crippen LogP) is 1.77. The van der Waals surface area contributed by atoms with Crippen molar-refractivity contribution in [3.63, 3.8) is 0 Å². The molecular formula is C13H21N3O2S. The van der Waals surface area contributed by atoms with Gasteiger partial charge < -0.3 is 5.32 Å². The molecular weight excluding hydrogens is 262 g/mol. The van der Waals surface area contributed by atoms with E-state index >= 15 is 0 Å². The number of nitrogens with one attached hydrogen (secondary N) is 3. The molecule has 0 heterocycles. The summed E-state index contributed by atoms with van der Waals surface area (Å²) in [4.78, 5) is 0. The van der Waals surface area contributed by atoms with Crippen LogP contribution in [0.15, 0.2) is 24.3 Å². The Morgan fingerprint density at radius 1 is 1.37 bits per heavy atom. The zero-order valence-corrected chi connectivity index (χ0v) is 12.1. The largest absolute Gasteiger partial charge is 0.310 e. The highest BCUT2D eigenvalue weighted by atomic mass is 32.2. The fraction of sp³-hybridized carbons (Fsp3) is 0.538. The Bertz CT molecular complexity index is 526. The zero-order valence-electron chi connectivity index (χ0n) is 11.3. The van der Waals surface area contributed by atoms with Crippen molar-refractivity contribution in [2.45, 2.75) is 38.8 Å². The van der Waals surface area contributed by atoms with E-state index in [0.29, 0.717) is 5.69 Å². The molecule has 0 aliphatic heterocycles. The first-order chi connectivity index (χ1) is 9.00. The van der Waals surface area contributed by atoms with E-state index in [0.717, 1.165) is 24.9 Å². The van der Waals surface area contributed by atoms with Crippen molar-refractivity contribution in [2.24, 2.45) is 0 Å². The highest BCUT2D eigenvalue weighted by Gasteiger charge is 2.26. The summed E-state index contributed by atoms with van der Waals surface area (Å²) in [5.41, 5.74) is 1.66. The molecule has 0 saturated heterocycles. The van der Waals surface area contributed by atoms with Crippen LogP contribution in [-0.2, 0) is 10.2 Å². The third kappa shape index (κ3) is 4.49. The minimum absolute atomic E-state index is 0.112. The highest BCUT2D eigenvalue weighted by molar-refractivity contribution is 7.90. The molecule has 0 spiro atoms. The maximum Gasteiger partial charge on any atom is 0.299 e. The first-order valence-electron chi connectivity index (χ1n) is 6.63. The minimum Gasteiger partial charge on any atom is -0.310 e. The van der Waals surface area contributed by atoms with E-state index in [1.165, 1.54) is 0 Å². The van der Waals surface area contributed by atoms with Crippen LogP contribution in [0.25, 0.3) is 0 Å². The molecule has 3 N–H and O–H groups in total. The smallest absolute Gasteiger partial charge is 0.299 e. The molecule has 1 saturated carbocycles. The lowest BCUT2D eigenvalue weighted by Gasteiger charge is -2.15. The molecule has 1 atom stereocenters.